The SMILES string of the molecule is Cc1ccc(-n2ncc3c(=O)[nH]cnc32)cc1Br. The predicted octanol–water partition coefficient (Wildman–Crippen LogP) is 2.18. The van der Waals surface area contributed by atoms with E-state index in [2.05, 4.69) is 31.0 Å². The van der Waals surface area contributed by atoms with Crippen LogP contribution < -0.4 is 5.56 Å². The van der Waals surface area contributed by atoms with Crippen molar-refractivity contribution in [2.75, 3.05) is 0 Å². The Hall–Kier alpha value is -1.95. The van der Waals surface area contributed by atoms with E-state index in [1.807, 2.05) is 25.1 Å². The van der Waals surface area contributed by atoms with Crippen molar-refractivity contribution >= 4 is 27.0 Å². The predicted molar refractivity (Wildman–Crippen MR) is 71.9 cm³/mol. The third kappa shape index (κ3) is 1.65. The van der Waals surface area contributed by atoms with Gasteiger partial charge < -0.3 is 4.98 Å². The topological polar surface area (TPSA) is 63.6 Å². The number of aromatic nitrogens is 4. The highest BCUT2D eigenvalue weighted by atomic mass is 79.9. The number of rotatable bonds is 1. The molecule has 2 heterocycles. The third-order valence-electron chi connectivity index (χ3n) is 2.77. The Morgan fingerprint density at radius 3 is 3.00 bits per heavy atom. The number of nitrogens with one attached hydrogen (secondary N) is 1. The molecule has 0 aliphatic rings. The molecule has 18 heavy (non-hydrogen) atoms. The van der Waals surface area contributed by atoms with Gasteiger partial charge in [0.2, 0.25) is 0 Å². The van der Waals surface area contributed by atoms with E-state index in [9.17, 15) is 4.79 Å². The molecule has 90 valence electrons. The summed E-state index contributed by atoms with van der Waals surface area (Å²) in [6, 6.07) is 5.88. The van der Waals surface area contributed by atoms with Gasteiger partial charge in [0.25, 0.3) is 5.56 Å². The van der Waals surface area contributed by atoms with Crippen LogP contribution in [0.2, 0.25) is 0 Å². The lowest BCUT2D eigenvalue weighted by Crippen LogP contribution is -2.06. The summed E-state index contributed by atoms with van der Waals surface area (Å²) < 4.78 is 2.64. The fourth-order valence-corrected chi connectivity index (χ4v) is 2.13. The second-order valence-electron chi connectivity index (χ2n) is 3.96. The molecule has 6 heteroatoms. The highest BCUT2D eigenvalue weighted by molar-refractivity contribution is 9.10. The van der Waals surface area contributed by atoms with Crippen LogP contribution in [-0.2, 0) is 0 Å². The van der Waals surface area contributed by atoms with Crippen molar-refractivity contribution in [3.8, 4) is 5.69 Å². The lowest BCUT2D eigenvalue weighted by molar-refractivity contribution is 0.893. The Morgan fingerprint density at radius 2 is 2.22 bits per heavy atom. The van der Waals surface area contributed by atoms with Crippen molar-refractivity contribution in [1.82, 2.24) is 19.7 Å². The summed E-state index contributed by atoms with van der Waals surface area (Å²) in [6.45, 7) is 2.01. The third-order valence-corrected chi connectivity index (χ3v) is 3.63. The molecule has 0 spiro atoms. The number of H-pyrrole nitrogens is 1. The molecule has 0 saturated carbocycles. The van der Waals surface area contributed by atoms with E-state index >= 15 is 0 Å². The molecule has 0 fully saturated rings. The molecule has 0 atom stereocenters. The van der Waals surface area contributed by atoms with Crippen LogP contribution in [0, 0.1) is 6.92 Å². The van der Waals surface area contributed by atoms with Gasteiger partial charge in [-0.25, -0.2) is 9.67 Å². The van der Waals surface area contributed by atoms with E-state index in [0.29, 0.717) is 11.0 Å². The summed E-state index contributed by atoms with van der Waals surface area (Å²) in [4.78, 5) is 18.3. The number of aryl methyl sites for hydroxylation is 1. The maximum atomic E-state index is 11.6. The molecule has 3 rings (SSSR count). The number of halogens is 1. The van der Waals surface area contributed by atoms with E-state index in [1.54, 1.807) is 4.68 Å². The second-order valence-corrected chi connectivity index (χ2v) is 4.81. The first-order valence-corrected chi connectivity index (χ1v) is 6.14. The Kier molecular flexibility index (Phi) is 2.52. The van der Waals surface area contributed by atoms with Crippen molar-refractivity contribution in [3.63, 3.8) is 0 Å². The second kappa shape index (κ2) is 4.06. The molecular weight excluding hydrogens is 296 g/mol. The zero-order valence-electron chi connectivity index (χ0n) is 9.51. The Balaban J connectivity index is 2.29. The number of benzene rings is 1. The van der Waals surface area contributed by atoms with Crippen LogP contribution in [0.15, 0.2) is 40.0 Å². The minimum Gasteiger partial charge on any atom is -0.312 e. The quantitative estimate of drug-likeness (QED) is 0.749. The molecule has 0 amide bonds. The van der Waals surface area contributed by atoms with Crippen molar-refractivity contribution in [2.24, 2.45) is 0 Å². The first-order chi connectivity index (χ1) is 8.66. The van der Waals surface area contributed by atoms with Gasteiger partial charge in [0, 0.05) is 4.47 Å². The average molecular weight is 305 g/mol. The van der Waals surface area contributed by atoms with Crippen LogP contribution in [0.3, 0.4) is 0 Å². The molecule has 2 aromatic heterocycles. The monoisotopic (exact) mass is 304 g/mol. The number of hydrogen-bond acceptors (Lipinski definition) is 3. The summed E-state index contributed by atoms with van der Waals surface area (Å²) in [5.41, 5.74) is 2.37. The lowest BCUT2D eigenvalue weighted by Gasteiger charge is -2.04. The van der Waals surface area contributed by atoms with Crippen LogP contribution >= 0.6 is 15.9 Å². The summed E-state index contributed by atoms with van der Waals surface area (Å²) in [6.07, 6.45) is 2.90. The fourth-order valence-electron chi connectivity index (χ4n) is 1.76. The molecule has 0 unspecified atom stereocenters. The molecular formula is C12H9BrN4O. The molecule has 0 saturated heterocycles. The minimum atomic E-state index is -0.183. The van der Waals surface area contributed by atoms with E-state index in [-0.39, 0.29) is 5.56 Å². The van der Waals surface area contributed by atoms with Crippen molar-refractivity contribution in [3.05, 3.63) is 51.1 Å². The van der Waals surface area contributed by atoms with Gasteiger partial charge in [-0.05, 0) is 24.6 Å². The molecule has 0 aliphatic heterocycles. The molecule has 0 aliphatic carbocycles. The van der Waals surface area contributed by atoms with E-state index in [4.69, 9.17) is 0 Å². The van der Waals surface area contributed by atoms with E-state index in [1.165, 1.54) is 12.5 Å². The smallest absolute Gasteiger partial charge is 0.261 e. The van der Waals surface area contributed by atoms with Gasteiger partial charge in [-0.1, -0.05) is 22.0 Å². The number of fused-ring (bicyclic) bond motifs is 1. The summed E-state index contributed by atoms with van der Waals surface area (Å²) in [5, 5.41) is 4.69. The highest BCUT2D eigenvalue weighted by Gasteiger charge is 2.09. The van der Waals surface area contributed by atoms with Crippen LogP contribution in [0.25, 0.3) is 16.7 Å². The van der Waals surface area contributed by atoms with Crippen LogP contribution in [0.1, 0.15) is 5.56 Å². The Morgan fingerprint density at radius 1 is 1.39 bits per heavy atom. The summed E-state index contributed by atoms with van der Waals surface area (Å²) in [7, 11) is 0. The zero-order chi connectivity index (χ0) is 12.7. The van der Waals surface area contributed by atoms with Crippen molar-refractivity contribution < 1.29 is 0 Å². The van der Waals surface area contributed by atoms with E-state index in [0.717, 1.165) is 15.7 Å². The summed E-state index contributed by atoms with van der Waals surface area (Å²) >= 11 is 3.48. The van der Waals surface area contributed by atoms with E-state index < -0.39 is 0 Å². The number of hydrogen-bond donors (Lipinski definition) is 1. The maximum Gasteiger partial charge on any atom is 0.261 e. The first kappa shape index (κ1) is 11.2. The molecule has 1 N–H and O–H groups in total. The van der Waals surface area contributed by atoms with Gasteiger partial charge in [-0.3, -0.25) is 4.79 Å². The molecule has 1 aromatic carbocycles. The zero-order valence-corrected chi connectivity index (χ0v) is 11.1. The van der Waals surface area contributed by atoms with Crippen LogP contribution in [0.4, 0.5) is 0 Å². The van der Waals surface area contributed by atoms with Gasteiger partial charge in [0.1, 0.15) is 5.39 Å². The molecule has 0 radical (unpaired) electrons. The highest BCUT2D eigenvalue weighted by Crippen LogP contribution is 2.21. The standard InChI is InChI=1S/C12H9BrN4O/c1-7-2-3-8(4-10(7)13)17-11-9(5-16-17)12(18)15-6-14-11/h2-6H,1H3,(H,14,15,18). The average Bonchev–Trinajstić information content (AvgIpc) is 2.78. The normalized spacial score (nSPS) is 11.0. The van der Waals surface area contributed by atoms with Gasteiger partial charge in [-0.15, -0.1) is 0 Å². The molecule has 5 nitrogen and oxygen atoms in total. The lowest BCUT2D eigenvalue weighted by atomic mass is 10.2. The molecule has 3 aromatic rings. The fraction of sp³-hybridized carbons (Fsp3) is 0.0833. The van der Waals surface area contributed by atoms with Gasteiger partial charge in [0.05, 0.1) is 18.2 Å². The Labute approximate surface area is 111 Å². The van der Waals surface area contributed by atoms with Crippen molar-refractivity contribution in [2.45, 2.75) is 6.92 Å². The largest absolute Gasteiger partial charge is 0.312 e. The van der Waals surface area contributed by atoms with Gasteiger partial charge >= 0.3 is 0 Å². The van der Waals surface area contributed by atoms with Crippen LogP contribution in [-0.4, -0.2) is 19.7 Å². The first-order valence-electron chi connectivity index (χ1n) is 5.35. The number of nitrogens with zero attached hydrogens (tertiary/aromatic N) is 3. The Bertz CT molecular complexity index is 790. The molecule has 0 bridgehead atoms. The maximum absolute atomic E-state index is 11.6. The number of aromatic amines is 1. The van der Waals surface area contributed by atoms with Crippen LogP contribution in [0.5, 0.6) is 0 Å². The summed E-state index contributed by atoms with van der Waals surface area (Å²) in [5.74, 6) is 0. The van der Waals surface area contributed by atoms with Gasteiger partial charge in [-0.2, -0.15) is 5.10 Å². The van der Waals surface area contributed by atoms with Gasteiger partial charge in [0.15, 0.2) is 5.65 Å². The van der Waals surface area contributed by atoms with Crippen molar-refractivity contribution in [1.29, 1.82) is 0 Å². The minimum absolute atomic E-state index is 0.183.